The summed E-state index contributed by atoms with van der Waals surface area (Å²) in [7, 11) is 1.54. The Hall–Kier alpha value is -4.66. The lowest BCUT2D eigenvalue weighted by Gasteiger charge is -2.10. The van der Waals surface area contributed by atoms with Crippen LogP contribution in [0.3, 0.4) is 0 Å². The third kappa shape index (κ3) is 5.53. The summed E-state index contributed by atoms with van der Waals surface area (Å²) in [5.74, 6) is 0.645. The zero-order valence-electron chi connectivity index (χ0n) is 17.6. The molecule has 0 aliphatic rings. The molecule has 166 valence electrons. The van der Waals surface area contributed by atoms with Crippen molar-refractivity contribution in [3.63, 3.8) is 0 Å². The van der Waals surface area contributed by atoms with Crippen molar-refractivity contribution < 1.29 is 23.3 Å². The Bertz CT molecular complexity index is 1250. The summed E-state index contributed by atoms with van der Waals surface area (Å²) in [6, 6.07) is 19.2. The number of furan rings is 1. The lowest BCUT2D eigenvalue weighted by atomic mass is 10.2. The van der Waals surface area contributed by atoms with E-state index in [1.165, 1.54) is 19.4 Å². The molecule has 0 saturated heterocycles. The summed E-state index contributed by atoms with van der Waals surface area (Å²) in [5.41, 5.74) is 1.15. The summed E-state index contributed by atoms with van der Waals surface area (Å²) < 4.78 is 15.6. The number of amides is 2. The Morgan fingerprint density at radius 2 is 1.82 bits per heavy atom. The third-order valence-electron chi connectivity index (χ3n) is 4.58. The minimum absolute atomic E-state index is 0.00596. The van der Waals surface area contributed by atoms with Crippen molar-refractivity contribution in [2.45, 2.75) is 6.54 Å². The molecule has 9 heteroatoms. The normalized spacial score (nSPS) is 11.1. The second-order valence-electron chi connectivity index (χ2n) is 6.82. The van der Waals surface area contributed by atoms with E-state index in [0.29, 0.717) is 22.9 Å². The number of carbonyl (C=O) groups excluding carboxylic acids is 2. The van der Waals surface area contributed by atoms with Gasteiger partial charge in [0, 0.05) is 17.2 Å². The molecule has 2 aromatic heterocycles. The fraction of sp³-hybridized carbons (Fsp3) is 0.0833. The third-order valence-corrected chi connectivity index (χ3v) is 4.58. The van der Waals surface area contributed by atoms with Gasteiger partial charge in [-0.25, -0.2) is 0 Å². The van der Waals surface area contributed by atoms with E-state index in [4.69, 9.17) is 13.7 Å². The smallest absolute Gasteiger partial charge is 0.268 e. The van der Waals surface area contributed by atoms with E-state index in [-0.39, 0.29) is 18.1 Å². The van der Waals surface area contributed by atoms with E-state index in [2.05, 4.69) is 20.8 Å². The lowest BCUT2D eigenvalue weighted by molar-refractivity contribution is -0.118. The number of carbonyl (C=O) groups is 2. The average Bonchev–Trinajstić information content (AvgIpc) is 3.55. The summed E-state index contributed by atoms with van der Waals surface area (Å²) in [6.07, 6.45) is 2.90. The molecule has 0 spiro atoms. The molecule has 0 bridgehead atoms. The Morgan fingerprint density at radius 1 is 1.03 bits per heavy atom. The minimum atomic E-state index is -0.548. The number of nitrogens with one attached hydrogen (secondary N) is 2. The van der Waals surface area contributed by atoms with Crippen molar-refractivity contribution in [1.82, 2.24) is 20.8 Å². The first-order valence-electron chi connectivity index (χ1n) is 9.99. The number of benzene rings is 2. The molecule has 2 aromatic carbocycles. The van der Waals surface area contributed by atoms with Crippen LogP contribution in [0.1, 0.15) is 22.0 Å². The molecule has 0 aliphatic heterocycles. The van der Waals surface area contributed by atoms with Crippen LogP contribution in [0, 0.1) is 0 Å². The average molecular weight is 444 g/mol. The number of nitrogens with zero attached hydrogens (tertiary/aromatic N) is 2. The Balaban J connectivity index is 1.46. The van der Waals surface area contributed by atoms with Crippen molar-refractivity contribution in [2.24, 2.45) is 0 Å². The molecule has 2 N–H and O–H groups in total. The molecule has 2 amide bonds. The van der Waals surface area contributed by atoms with Crippen LogP contribution in [0.4, 0.5) is 0 Å². The predicted molar refractivity (Wildman–Crippen MR) is 119 cm³/mol. The molecule has 0 atom stereocenters. The maximum Gasteiger partial charge on any atom is 0.268 e. The molecule has 0 radical (unpaired) electrons. The quantitative estimate of drug-likeness (QED) is 0.400. The molecule has 2 heterocycles. The number of ether oxygens (including phenoxy) is 1. The topological polar surface area (TPSA) is 119 Å². The van der Waals surface area contributed by atoms with Gasteiger partial charge in [0.1, 0.15) is 17.2 Å². The van der Waals surface area contributed by atoms with Crippen molar-refractivity contribution >= 4 is 17.9 Å². The maximum absolute atomic E-state index is 12.8. The first kappa shape index (κ1) is 21.6. The molecule has 0 unspecified atom stereocenters. The van der Waals surface area contributed by atoms with Crippen LogP contribution in [0.2, 0.25) is 0 Å². The van der Waals surface area contributed by atoms with Gasteiger partial charge in [-0.15, -0.1) is 0 Å². The summed E-state index contributed by atoms with van der Waals surface area (Å²) in [4.78, 5) is 29.8. The van der Waals surface area contributed by atoms with Gasteiger partial charge in [-0.2, -0.15) is 4.98 Å². The molecule has 4 rings (SSSR count). The van der Waals surface area contributed by atoms with E-state index >= 15 is 0 Å². The number of rotatable bonds is 8. The van der Waals surface area contributed by atoms with Crippen LogP contribution in [-0.4, -0.2) is 29.1 Å². The zero-order valence-corrected chi connectivity index (χ0v) is 17.6. The molecule has 33 heavy (non-hydrogen) atoms. The van der Waals surface area contributed by atoms with Crippen LogP contribution >= 0.6 is 0 Å². The maximum atomic E-state index is 12.8. The molecule has 0 fully saturated rings. The minimum Gasteiger partial charge on any atom is -0.497 e. The second-order valence-corrected chi connectivity index (χ2v) is 6.82. The van der Waals surface area contributed by atoms with Crippen LogP contribution in [0.5, 0.6) is 5.75 Å². The van der Waals surface area contributed by atoms with Crippen molar-refractivity contribution in [1.29, 1.82) is 0 Å². The zero-order chi connectivity index (χ0) is 23.0. The molecule has 0 saturated carbocycles. The van der Waals surface area contributed by atoms with Gasteiger partial charge in [-0.3, -0.25) is 9.59 Å². The highest BCUT2D eigenvalue weighted by molar-refractivity contribution is 6.05. The van der Waals surface area contributed by atoms with Gasteiger partial charge in [-0.1, -0.05) is 35.5 Å². The highest BCUT2D eigenvalue weighted by atomic mass is 16.5. The van der Waals surface area contributed by atoms with Crippen LogP contribution in [0.15, 0.2) is 87.6 Å². The largest absolute Gasteiger partial charge is 0.497 e. The van der Waals surface area contributed by atoms with Gasteiger partial charge in [0.25, 0.3) is 11.8 Å². The fourth-order valence-electron chi connectivity index (χ4n) is 2.89. The number of methoxy groups -OCH3 is 1. The fourth-order valence-corrected chi connectivity index (χ4v) is 2.89. The second kappa shape index (κ2) is 10.1. The van der Waals surface area contributed by atoms with Gasteiger partial charge in [0.05, 0.1) is 19.9 Å². The Morgan fingerprint density at radius 3 is 2.52 bits per heavy atom. The van der Waals surface area contributed by atoms with Crippen molar-refractivity contribution in [3.8, 4) is 17.1 Å². The highest BCUT2D eigenvalue weighted by Gasteiger charge is 2.17. The molecular formula is C24H20N4O5. The van der Waals surface area contributed by atoms with Crippen LogP contribution in [-0.2, 0) is 11.3 Å². The van der Waals surface area contributed by atoms with Crippen molar-refractivity contribution in [3.05, 3.63) is 95.9 Å². The summed E-state index contributed by atoms with van der Waals surface area (Å²) >= 11 is 0. The Kier molecular flexibility index (Phi) is 6.60. The Labute approximate surface area is 189 Å². The number of hydrogen-bond acceptors (Lipinski definition) is 7. The number of aromatic nitrogens is 2. The summed E-state index contributed by atoms with van der Waals surface area (Å²) in [6.45, 7) is -0.0213. The van der Waals surface area contributed by atoms with E-state index < -0.39 is 11.8 Å². The summed E-state index contributed by atoms with van der Waals surface area (Å²) in [5, 5.41) is 9.22. The number of hydrogen-bond donors (Lipinski definition) is 2. The van der Waals surface area contributed by atoms with Crippen LogP contribution in [0.25, 0.3) is 17.5 Å². The SMILES string of the molecule is COc1ccc(C(=O)N/C(=C\c2ccco2)C(=O)NCc2nc(-c3ccccc3)no2)cc1. The van der Waals surface area contributed by atoms with Gasteiger partial charge >= 0.3 is 0 Å². The van der Waals surface area contributed by atoms with E-state index in [1.807, 2.05) is 30.3 Å². The monoisotopic (exact) mass is 444 g/mol. The molecule has 9 nitrogen and oxygen atoms in total. The van der Waals surface area contributed by atoms with E-state index in [1.54, 1.807) is 36.4 Å². The standard InChI is InChI=1S/C24H20N4O5/c1-31-18-11-9-17(10-12-18)23(29)26-20(14-19-8-5-13-32-19)24(30)25-15-21-27-22(28-33-21)16-6-3-2-4-7-16/h2-14H,15H2,1H3,(H,25,30)(H,26,29)/b20-14-. The van der Waals surface area contributed by atoms with Crippen LogP contribution < -0.4 is 15.4 Å². The van der Waals surface area contributed by atoms with Crippen molar-refractivity contribution in [2.75, 3.05) is 7.11 Å². The molecular weight excluding hydrogens is 424 g/mol. The molecule has 4 aromatic rings. The van der Waals surface area contributed by atoms with Gasteiger partial charge in [-0.05, 0) is 36.4 Å². The van der Waals surface area contributed by atoms with Gasteiger partial charge in [0.2, 0.25) is 11.7 Å². The first-order valence-corrected chi connectivity index (χ1v) is 9.99. The van der Waals surface area contributed by atoms with Gasteiger partial charge < -0.3 is 24.3 Å². The van der Waals surface area contributed by atoms with E-state index in [9.17, 15) is 9.59 Å². The lowest BCUT2D eigenvalue weighted by Crippen LogP contribution is -2.34. The predicted octanol–water partition coefficient (Wildman–Crippen LogP) is 3.43. The highest BCUT2D eigenvalue weighted by Crippen LogP contribution is 2.15. The van der Waals surface area contributed by atoms with E-state index in [0.717, 1.165) is 5.56 Å². The molecule has 0 aliphatic carbocycles. The van der Waals surface area contributed by atoms with Gasteiger partial charge in [0.15, 0.2) is 0 Å². The first-order chi connectivity index (χ1) is 16.1.